The summed E-state index contributed by atoms with van der Waals surface area (Å²) in [6.07, 6.45) is 8.45. The van der Waals surface area contributed by atoms with Gasteiger partial charge in [0.25, 0.3) is 0 Å². The smallest absolute Gasteiger partial charge is 1.00 e. The molecule has 0 bridgehead atoms. The van der Waals surface area contributed by atoms with Crippen LogP contribution in [-0.2, 0) is 51.8 Å². The monoisotopic (exact) mass is 1100 g/mol. The second kappa shape index (κ2) is 31.2. The Kier molecular flexibility index (Phi) is 27.4. The van der Waals surface area contributed by atoms with Crippen molar-refractivity contribution in [2.75, 3.05) is 0 Å². The predicted molar refractivity (Wildman–Crippen MR) is 225 cm³/mol. The van der Waals surface area contributed by atoms with Gasteiger partial charge in [-0.2, -0.15) is 0 Å². The molecule has 4 heterocycles. The summed E-state index contributed by atoms with van der Waals surface area (Å²) >= 11 is 0. The van der Waals surface area contributed by atoms with E-state index in [0.29, 0.717) is 23.3 Å². The predicted octanol–water partition coefficient (Wildman–Crippen LogP) is 1.81. The summed E-state index contributed by atoms with van der Waals surface area (Å²) in [6, 6.07) is 54.3. The molecule has 8 aromatic rings. The third kappa shape index (κ3) is 19.4. The molecular formula is C46H36Cl4N12Ru2. The minimum Gasteiger partial charge on any atom is -1.00 e. The minimum atomic E-state index is 0. The molecule has 12 nitrogen and oxygen atoms in total. The van der Waals surface area contributed by atoms with E-state index in [0.717, 1.165) is 35.6 Å². The van der Waals surface area contributed by atoms with Crippen molar-refractivity contribution in [2.24, 2.45) is 40.9 Å². The van der Waals surface area contributed by atoms with Crippen LogP contribution in [0.25, 0.3) is 0 Å². The fraction of sp³-hybridized carbons (Fsp3) is 0.0435. The molecule has 64 heavy (non-hydrogen) atoms. The molecule has 4 aromatic heterocycles. The largest absolute Gasteiger partial charge is 2.00 e. The van der Waals surface area contributed by atoms with E-state index in [1.54, 1.807) is 24.8 Å². The summed E-state index contributed by atoms with van der Waals surface area (Å²) in [5.41, 5.74) is 7.98. The van der Waals surface area contributed by atoms with Crippen molar-refractivity contribution in [3.8, 4) is 0 Å². The number of hydrogen-bond acceptors (Lipinski definition) is 12. The van der Waals surface area contributed by atoms with Gasteiger partial charge in [0.1, 0.15) is 0 Å². The normalized spacial score (nSPS) is 10.2. The average molecular weight is 1100 g/mol. The minimum absolute atomic E-state index is 0. The van der Waals surface area contributed by atoms with Crippen LogP contribution in [0, 0.1) is 0 Å². The summed E-state index contributed by atoms with van der Waals surface area (Å²) in [5, 5.41) is 33.4. The topological polar surface area (TPSA) is 150 Å². The van der Waals surface area contributed by atoms with Crippen molar-refractivity contribution in [3.05, 3.63) is 217 Å². The number of pyridine rings is 4. The van der Waals surface area contributed by atoms with Gasteiger partial charge in [0.2, 0.25) is 0 Å². The van der Waals surface area contributed by atoms with Crippen LogP contribution in [0.4, 0.5) is 46.0 Å². The van der Waals surface area contributed by atoms with E-state index in [9.17, 15) is 0 Å². The van der Waals surface area contributed by atoms with Gasteiger partial charge in [-0.1, -0.05) is 72.8 Å². The molecule has 324 valence electrons. The molecule has 0 aliphatic rings. The summed E-state index contributed by atoms with van der Waals surface area (Å²) in [4.78, 5) is 16.5. The molecule has 0 radical (unpaired) electrons. The number of nitrogens with zero attached hydrogens (tertiary/aromatic N) is 12. The summed E-state index contributed by atoms with van der Waals surface area (Å²) in [5.74, 6) is 2.38. The zero-order chi connectivity index (χ0) is 39.5. The molecule has 0 N–H and O–H groups in total. The van der Waals surface area contributed by atoms with Crippen molar-refractivity contribution in [3.63, 3.8) is 0 Å². The first-order valence-corrected chi connectivity index (χ1v) is 18.4. The zero-order valence-electron chi connectivity index (χ0n) is 33.5. The first-order chi connectivity index (χ1) is 28.7. The van der Waals surface area contributed by atoms with E-state index in [1.807, 2.05) is 121 Å². The van der Waals surface area contributed by atoms with Crippen LogP contribution in [0.3, 0.4) is 0 Å². The average Bonchev–Trinajstić information content (AvgIpc) is 3.30. The number of halogens is 4. The second-order valence-electron chi connectivity index (χ2n) is 12.6. The van der Waals surface area contributed by atoms with Crippen molar-refractivity contribution >= 4 is 46.0 Å². The molecule has 0 fully saturated rings. The van der Waals surface area contributed by atoms with Crippen LogP contribution in [0.2, 0.25) is 0 Å². The van der Waals surface area contributed by atoms with Crippen LogP contribution >= 0.6 is 0 Å². The molecule has 0 atom stereocenters. The van der Waals surface area contributed by atoms with E-state index in [4.69, 9.17) is 0 Å². The van der Waals surface area contributed by atoms with Gasteiger partial charge in [-0.3, -0.25) is 0 Å². The van der Waals surface area contributed by atoms with Gasteiger partial charge in [-0.05, 0) is 132 Å². The first kappa shape index (κ1) is 56.3. The molecule has 4 aromatic carbocycles. The first-order valence-electron chi connectivity index (χ1n) is 18.4. The summed E-state index contributed by atoms with van der Waals surface area (Å²) in [7, 11) is 0. The number of benzene rings is 4. The van der Waals surface area contributed by atoms with E-state index < -0.39 is 0 Å². The third-order valence-corrected chi connectivity index (χ3v) is 8.23. The van der Waals surface area contributed by atoms with Crippen LogP contribution in [0.1, 0.15) is 22.3 Å². The SMILES string of the molecule is [Cl-].[Cl-].[Cl-].[Cl-].[Ru+2].[Ru+2].c1ccc(N=Nc2ccc(Cc3ccc(N=Nc4ccccn4)cc3)cc2)nc1.c1ccc(N=Nc2ccc(Cc3ccc(N=Nc4ccccn4)cc3)cc2)nc1. The van der Waals surface area contributed by atoms with Crippen molar-refractivity contribution in [2.45, 2.75) is 12.8 Å². The van der Waals surface area contributed by atoms with Gasteiger partial charge >= 0.3 is 39.0 Å². The van der Waals surface area contributed by atoms with E-state index in [-0.39, 0.29) is 88.6 Å². The number of aromatic nitrogens is 4. The van der Waals surface area contributed by atoms with E-state index in [2.05, 4.69) is 109 Å². The fourth-order valence-corrected chi connectivity index (χ4v) is 5.28. The van der Waals surface area contributed by atoms with Crippen molar-refractivity contribution < 1.29 is 88.6 Å². The van der Waals surface area contributed by atoms with Crippen molar-refractivity contribution in [1.29, 1.82) is 0 Å². The summed E-state index contributed by atoms with van der Waals surface area (Å²) < 4.78 is 0. The number of azo groups is 4. The quantitative estimate of drug-likeness (QED) is 0.136. The molecule has 0 amide bonds. The van der Waals surface area contributed by atoms with Gasteiger partial charge < -0.3 is 49.6 Å². The maximum Gasteiger partial charge on any atom is 2.00 e. The second-order valence-corrected chi connectivity index (χ2v) is 12.6. The Morgan fingerprint density at radius 1 is 0.250 bits per heavy atom. The zero-order valence-corrected chi connectivity index (χ0v) is 40.0. The molecule has 18 heteroatoms. The molecular weight excluding hydrogens is 1060 g/mol. The molecule has 0 spiro atoms. The molecule has 0 aliphatic heterocycles. The molecule has 0 aliphatic carbocycles. The molecule has 8 rings (SSSR count). The van der Waals surface area contributed by atoms with Gasteiger partial charge in [0.15, 0.2) is 23.3 Å². The Hall–Kier alpha value is -5.71. The van der Waals surface area contributed by atoms with Gasteiger partial charge in [-0.15, -0.1) is 40.9 Å². The fourth-order valence-electron chi connectivity index (χ4n) is 5.28. The van der Waals surface area contributed by atoms with Crippen LogP contribution < -0.4 is 49.6 Å². The van der Waals surface area contributed by atoms with Gasteiger partial charge in [0, 0.05) is 24.8 Å². The van der Waals surface area contributed by atoms with E-state index >= 15 is 0 Å². The van der Waals surface area contributed by atoms with Crippen LogP contribution in [-0.4, -0.2) is 19.9 Å². The standard InChI is InChI=1S/2C23H18N6.4ClH.2Ru/c2*1-3-15-24-22(5-1)28-26-20-11-7-18(8-12-20)17-19-9-13-21(14-10-19)27-29-23-6-2-4-16-25-23;;;;;;/h2*1-16H,17H2;4*1H;;/q;;;;;;2*+2/p-4. The van der Waals surface area contributed by atoms with Crippen molar-refractivity contribution in [1.82, 2.24) is 19.9 Å². The Morgan fingerprint density at radius 2 is 0.453 bits per heavy atom. The summed E-state index contributed by atoms with van der Waals surface area (Å²) in [6.45, 7) is 0. The van der Waals surface area contributed by atoms with E-state index in [1.165, 1.54) is 22.3 Å². The Labute approximate surface area is 422 Å². The number of hydrogen-bond donors (Lipinski definition) is 0. The molecule has 0 unspecified atom stereocenters. The van der Waals surface area contributed by atoms with Gasteiger partial charge in [0.05, 0.1) is 22.7 Å². The Balaban J connectivity index is 0.000000585. The van der Waals surface area contributed by atoms with Crippen LogP contribution in [0.15, 0.2) is 236 Å². The molecule has 0 saturated carbocycles. The maximum atomic E-state index is 4.22. The van der Waals surface area contributed by atoms with Gasteiger partial charge in [-0.25, -0.2) is 19.9 Å². The third-order valence-electron chi connectivity index (χ3n) is 8.23. The van der Waals surface area contributed by atoms with Crippen LogP contribution in [0.5, 0.6) is 0 Å². The Bertz CT molecular complexity index is 2220. The molecule has 0 saturated heterocycles. The number of rotatable bonds is 12. The Morgan fingerprint density at radius 3 is 0.625 bits per heavy atom. The maximum absolute atomic E-state index is 4.22.